The van der Waals surface area contributed by atoms with E-state index in [9.17, 15) is 4.39 Å². The van der Waals surface area contributed by atoms with Crippen LogP contribution in [0, 0.1) is 23.6 Å². The quantitative estimate of drug-likeness (QED) is 0.890. The Labute approximate surface area is 128 Å². The number of piperidine rings is 1. The van der Waals surface area contributed by atoms with Crippen LogP contribution in [0.3, 0.4) is 0 Å². The molecule has 1 aromatic rings. The summed E-state index contributed by atoms with van der Waals surface area (Å²) in [6.45, 7) is 10.2. The van der Waals surface area contributed by atoms with Gasteiger partial charge in [-0.3, -0.25) is 0 Å². The van der Waals surface area contributed by atoms with Gasteiger partial charge in [0.15, 0.2) is 0 Å². The van der Waals surface area contributed by atoms with Crippen LogP contribution in [0.2, 0.25) is 0 Å². The summed E-state index contributed by atoms with van der Waals surface area (Å²) in [5, 5.41) is 3.30. The molecule has 0 bridgehead atoms. The van der Waals surface area contributed by atoms with Crippen LogP contribution in [0.15, 0.2) is 24.3 Å². The smallest absolute Gasteiger partial charge is 0.127 e. The third-order valence-electron chi connectivity index (χ3n) is 4.61. The van der Waals surface area contributed by atoms with Crippen molar-refractivity contribution in [3.63, 3.8) is 0 Å². The van der Waals surface area contributed by atoms with E-state index < -0.39 is 0 Å². The molecule has 1 aliphatic heterocycles. The van der Waals surface area contributed by atoms with Gasteiger partial charge in [-0.2, -0.15) is 0 Å². The monoisotopic (exact) mass is 292 g/mol. The summed E-state index contributed by atoms with van der Waals surface area (Å²) < 4.78 is 14.0. The average molecular weight is 292 g/mol. The highest BCUT2D eigenvalue weighted by molar-refractivity contribution is 5.21. The normalized spacial score (nSPS) is 26.5. The first-order chi connectivity index (χ1) is 10.0. The number of nitrogens with one attached hydrogen (secondary N) is 1. The van der Waals surface area contributed by atoms with E-state index in [1.807, 2.05) is 19.2 Å². The predicted molar refractivity (Wildman–Crippen MR) is 86.7 cm³/mol. The lowest BCUT2D eigenvalue weighted by Crippen LogP contribution is -2.43. The number of hydrogen-bond acceptors (Lipinski definition) is 2. The van der Waals surface area contributed by atoms with Crippen molar-refractivity contribution in [2.75, 3.05) is 26.7 Å². The summed E-state index contributed by atoms with van der Waals surface area (Å²) >= 11 is 0. The van der Waals surface area contributed by atoms with E-state index in [0.29, 0.717) is 5.92 Å². The van der Waals surface area contributed by atoms with Gasteiger partial charge in [-0.05, 0) is 37.3 Å². The van der Waals surface area contributed by atoms with Crippen LogP contribution in [-0.2, 0) is 0 Å². The number of benzene rings is 1. The number of nitrogens with zero attached hydrogens (tertiary/aromatic N) is 1. The van der Waals surface area contributed by atoms with E-state index >= 15 is 0 Å². The van der Waals surface area contributed by atoms with E-state index in [1.165, 1.54) is 19.5 Å². The Hall–Kier alpha value is -0.930. The number of hydrogen-bond donors (Lipinski definition) is 1. The summed E-state index contributed by atoms with van der Waals surface area (Å²) in [7, 11) is 1.93. The van der Waals surface area contributed by atoms with Crippen LogP contribution < -0.4 is 5.32 Å². The summed E-state index contributed by atoms with van der Waals surface area (Å²) in [5.74, 6) is 1.80. The molecule has 1 fully saturated rings. The Morgan fingerprint density at radius 3 is 2.43 bits per heavy atom. The third kappa shape index (κ3) is 4.27. The number of likely N-dealkylation sites (tertiary alicyclic amines) is 1. The van der Waals surface area contributed by atoms with Crippen molar-refractivity contribution in [1.29, 1.82) is 0 Å². The SMILES string of the molecule is CNC(c1ccccc1F)C(C)CN1CC(C)CC(C)C1. The van der Waals surface area contributed by atoms with Gasteiger partial charge >= 0.3 is 0 Å². The number of rotatable bonds is 5. The minimum Gasteiger partial charge on any atom is -0.313 e. The molecule has 2 nitrogen and oxygen atoms in total. The van der Waals surface area contributed by atoms with Crippen LogP contribution in [0.4, 0.5) is 4.39 Å². The van der Waals surface area contributed by atoms with Crippen molar-refractivity contribution in [3.05, 3.63) is 35.6 Å². The predicted octanol–water partition coefficient (Wildman–Crippen LogP) is 3.70. The van der Waals surface area contributed by atoms with Crippen LogP contribution in [0.25, 0.3) is 0 Å². The van der Waals surface area contributed by atoms with Gasteiger partial charge in [0.1, 0.15) is 5.82 Å². The molecule has 0 radical (unpaired) electrons. The van der Waals surface area contributed by atoms with Gasteiger partial charge in [-0.1, -0.05) is 39.0 Å². The lowest BCUT2D eigenvalue weighted by molar-refractivity contribution is 0.116. The van der Waals surface area contributed by atoms with Crippen molar-refractivity contribution in [2.24, 2.45) is 17.8 Å². The zero-order valence-electron chi connectivity index (χ0n) is 13.8. The Morgan fingerprint density at radius 2 is 1.86 bits per heavy atom. The molecule has 0 saturated carbocycles. The van der Waals surface area contributed by atoms with E-state index in [0.717, 1.165) is 23.9 Å². The maximum Gasteiger partial charge on any atom is 0.127 e. The van der Waals surface area contributed by atoms with Crippen molar-refractivity contribution in [2.45, 2.75) is 33.2 Å². The van der Waals surface area contributed by atoms with Crippen molar-refractivity contribution in [3.8, 4) is 0 Å². The van der Waals surface area contributed by atoms with Gasteiger partial charge < -0.3 is 10.2 Å². The molecule has 1 saturated heterocycles. The van der Waals surface area contributed by atoms with Crippen LogP contribution in [-0.4, -0.2) is 31.6 Å². The first kappa shape index (κ1) is 16.4. The van der Waals surface area contributed by atoms with Crippen molar-refractivity contribution in [1.82, 2.24) is 10.2 Å². The third-order valence-corrected chi connectivity index (χ3v) is 4.61. The molecule has 3 heteroatoms. The first-order valence-corrected chi connectivity index (χ1v) is 8.15. The fraction of sp³-hybridized carbons (Fsp3) is 0.667. The fourth-order valence-corrected chi connectivity index (χ4v) is 3.93. The highest BCUT2D eigenvalue weighted by Crippen LogP contribution is 2.27. The molecular formula is C18H29FN2. The second-order valence-electron chi connectivity index (χ2n) is 6.93. The molecule has 21 heavy (non-hydrogen) atoms. The molecular weight excluding hydrogens is 263 g/mol. The molecule has 1 aliphatic rings. The van der Waals surface area contributed by atoms with Crippen LogP contribution in [0.1, 0.15) is 38.8 Å². The minimum atomic E-state index is -0.107. The molecule has 1 heterocycles. The molecule has 0 amide bonds. The molecule has 0 aromatic heterocycles. The Kier molecular flexibility index (Phi) is 5.77. The summed E-state index contributed by atoms with van der Waals surface area (Å²) in [6.07, 6.45) is 1.33. The van der Waals surface area contributed by atoms with E-state index in [4.69, 9.17) is 0 Å². The van der Waals surface area contributed by atoms with Gasteiger partial charge in [0.2, 0.25) is 0 Å². The van der Waals surface area contributed by atoms with E-state index in [2.05, 4.69) is 31.0 Å². The van der Waals surface area contributed by atoms with Gasteiger partial charge in [0, 0.05) is 31.2 Å². The van der Waals surface area contributed by atoms with Crippen LogP contribution >= 0.6 is 0 Å². The topological polar surface area (TPSA) is 15.3 Å². The standard InChI is InChI=1S/C18H29FN2/c1-13-9-14(2)11-21(10-13)12-15(3)18(20-4)16-7-5-6-8-17(16)19/h5-8,13-15,18,20H,9-12H2,1-4H3. The highest BCUT2D eigenvalue weighted by atomic mass is 19.1. The zero-order valence-corrected chi connectivity index (χ0v) is 13.8. The van der Waals surface area contributed by atoms with Crippen molar-refractivity contribution >= 4 is 0 Å². The molecule has 1 aromatic carbocycles. The van der Waals surface area contributed by atoms with Gasteiger partial charge in [0.25, 0.3) is 0 Å². The van der Waals surface area contributed by atoms with Crippen LogP contribution in [0.5, 0.6) is 0 Å². The first-order valence-electron chi connectivity index (χ1n) is 8.15. The van der Waals surface area contributed by atoms with Gasteiger partial charge in [-0.25, -0.2) is 4.39 Å². The zero-order chi connectivity index (χ0) is 15.4. The summed E-state index contributed by atoms with van der Waals surface area (Å²) in [4.78, 5) is 2.55. The number of halogens is 1. The summed E-state index contributed by atoms with van der Waals surface area (Å²) in [6, 6.07) is 7.19. The van der Waals surface area contributed by atoms with Gasteiger partial charge in [-0.15, -0.1) is 0 Å². The molecule has 4 unspecified atom stereocenters. The van der Waals surface area contributed by atoms with Crippen molar-refractivity contribution < 1.29 is 4.39 Å². The lowest BCUT2D eigenvalue weighted by atomic mass is 9.89. The van der Waals surface area contributed by atoms with E-state index in [-0.39, 0.29) is 11.9 Å². The molecule has 2 rings (SSSR count). The summed E-state index contributed by atoms with van der Waals surface area (Å²) in [5.41, 5.74) is 0.783. The fourth-order valence-electron chi connectivity index (χ4n) is 3.93. The molecule has 0 aliphatic carbocycles. The highest BCUT2D eigenvalue weighted by Gasteiger charge is 2.26. The molecule has 118 valence electrons. The molecule has 4 atom stereocenters. The van der Waals surface area contributed by atoms with E-state index in [1.54, 1.807) is 12.1 Å². The Morgan fingerprint density at radius 1 is 1.24 bits per heavy atom. The molecule has 1 N–H and O–H groups in total. The Balaban J connectivity index is 2.03. The Bertz CT molecular complexity index is 439. The average Bonchev–Trinajstić information content (AvgIpc) is 2.40. The molecule has 0 spiro atoms. The van der Waals surface area contributed by atoms with Gasteiger partial charge in [0.05, 0.1) is 0 Å². The maximum absolute atomic E-state index is 14.0. The minimum absolute atomic E-state index is 0.0683. The second-order valence-corrected chi connectivity index (χ2v) is 6.93. The lowest BCUT2D eigenvalue weighted by Gasteiger charge is -2.38. The second kappa shape index (κ2) is 7.37. The largest absolute Gasteiger partial charge is 0.313 e. The maximum atomic E-state index is 14.0.